The standard InChI is InChI=1S/C24H23F4N5O2S/c1-31-9-6-17(7-10-31)35-21-5-4-15(12-19(21)25)32-8-2-3-22(34)33(23(32)36)16-11-18(24(26,27)28)20(13-29)30-14-16/h4-5,11-12,14,17H,2-3,6-10H2,1H3. The number of alkyl halides is 3. The highest BCUT2D eigenvalue weighted by atomic mass is 32.1. The van der Waals surface area contributed by atoms with Crippen LogP contribution >= 0.6 is 12.2 Å². The summed E-state index contributed by atoms with van der Waals surface area (Å²) in [7, 11) is 2.02. The topological polar surface area (TPSA) is 72.7 Å². The number of halogens is 4. The summed E-state index contributed by atoms with van der Waals surface area (Å²) in [6, 6.07) is 6.43. The fraction of sp³-hybridized carbons (Fsp3) is 0.417. The van der Waals surface area contributed by atoms with Gasteiger partial charge in [-0.25, -0.2) is 9.37 Å². The van der Waals surface area contributed by atoms with Crippen molar-refractivity contribution in [1.82, 2.24) is 9.88 Å². The van der Waals surface area contributed by atoms with E-state index >= 15 is 0 Å². The fourth-order valence-corrected chi connectivity index (χ4v) is 4.64. The van der Waals surface area contributed by atoms with Crippen LogP contribution in [0, 0.1) is 17.1 Å². The summed E-state index contributed by atoms with van der Waals surface area (Å²) in [6.45, 7) is 1.97. The molecule has 4 rings (SSSR count). The van der Waals surface area contributed by atoms with Gasteiger partial charge in [-0.05, 0) is 56.7 Å². The number of benzene rings is 1. The number of nitriles is 1. The van der Waals surface area contributed by atoms with E-state index in [2.05, 4.69) is 9.88 Å². The molecule has 1 amide bonds. The highest BCUT2D eigenvalue weighted by Crippen LogP contribution is 2.35. The lowest BCUT2D eigenvalue weighted by atomic mass is 10.1. The fourth-order valence-electron chi connectivity index (χ4n) is 4.23. The summed E-state index contributed by atoms with van der Waals surface area (Å²) in [6.07, 6.45) is -2.02. The van der Waals surface area contributed by atoms with Crippen molar-refractivity contribution in [3.8, 4) is 11.8 Å². The van der Waals surface area contributed by atoms with Crippen LogP contribution in [0.1, 0.15) is 36.9 Å². The van der Waals surface area contributed by atoms with E-state index in [0.29, 0.717) is 18.2 Å². The highest BCUT2D eigenvalue weighted by Gasteiger charge is 2.37. The molecule has 0 N–H and O–H groups in total. The lowest BCUT2D eigenvalue weighted by Crippen LogP contribution is -2.44. The molecule has 1 aromatic heterocycles. The van der Waals surface area contributed by atoms with Gasteiger partial charge in [0.05, 0.1) is 17.4 Å². The largest absolute Gasteiger partial charge is 0.487 e. The first-order chi connectivity index (χ1) is 17.1. The van der Waals surface area contributed by atoms with Gasteiger partial charge in [0.2, 0.25) is 5.91 Å². The number of carbonyl (C=O) groups is 1. The van der Waals surface area contributed by atoms with Gasteiger partial charge in [-0.3, -0.25) is 9.69 Å². The van der Waals surface area contributed by atoms with E-state index in [1.165, 1.54) is 23.1 Å². The summed E-state index contributed by atoms with van der Waals surface area (Å²) in [5.74, 6) is -1.02. The van der Waals surface area contributed by atoms with E-state index in [1.54, 1.807) is 6.07 Å². The molecule has 3 heterocycles. The van der Waals surface area contributed by atoms with Crippen LogP contribution in [0.4, 0.5) is 28.9 Å². The zero-order chi connectivity index (χ0) is 26.0. The molecule has 0 aliphatic carbocycles. The van der Waals surface area contributed by atoms with Crippen LogP contribution in [0.5, 0.6) is 5.75 Å². The van der Waals surface area contributed by atoms with Crippen LogP contribution in [0.3, 0.4) is 0 Å². The molecule has 0 atom stereocenters. The van der Waals surface area contributed by atoms with Crippen LogP contribution in [-0.2, 0) is 11.0 Å². The Kier molecular flexibility index (Phi) is 7.42. The van der Waals surface area contributed by atoms with Gasteiger partial charge in [0.15, 0.2) is 22.4 Å². The first-order valence-corrected chi connectivity index (χ1v) is 11.8. The number of likely N-dealkylation sites (tertiary alicyclic amines) is 1. The predicted molar refractivity (Wildman–Crippen MR) is 128 cm³/mol. The number of pyridine rings is 1. The molecular formula is C24H23F4N5O2S. The number of nitrogens with zero attached hydrogens (tertiary/aromatic N) is 5. The monoisotopic (exact) mass is 521 g/mol. The molecule has 7 nitrogen and oxygen atoms in total. The Bertz CT molecular complexity index is 1210. The van der Waals surface area contributed by atoms with Crippen LogP contribution < -0.4 is 14.5 Å². The molecule has 2 aliphatic heterocycles. The van der Waals surface area contributed by atoms with Gasteiger partial charge in [-0.1, -0.05) is 0 Å². The molecule has 190 valence electrons. The van der Waals surface area contributed by atoms with Crippen LogP contribution in [0.25, 0.3) is 0 Å². The summed E-state index contributed by atoms with van der Waals surface area (Å²) in [5.41, 5.74) is -1.95. The maximum absolute atomic E-state index is 15.0. The SMILES string of the molecule is CN1CCC(Oc2ccc(N3CCCC(=O)N(c4cnc(C#N)c(C(F)(F)F)c4)C3=S)cc2F)CC1. The van der Waals surface area contributed by atoms with Crippen molar-refractivity contribution in [1.29, 1.82) is 5.26 Å². The van der Waals surface area contributed by atoms with E-state index in [9.17, 15) is 22.4 Å². The van der Waals surface area contributed by atoms with E-state index in [0.717, 1.165) is 37.0 Å². The molecule has 2 aliphatic rings. The molecule has 0 radical (unpaired) electrons. The maximum atomic E-state index is 15.0. The van der Waals surface area contributed by atoms with Crippen molar-refractivity contribution in [2.75, 3.05) is 36.5 Å². The molecule has 0 saturated carbocycles. The van der Waals surface area contributed by atoms with Gasteiger partial charge in [0.1, 0.15) is 12.2 Å². The van der Waals surface area contributed by atoms with Crippen molar-refractivity contribution < 1.29 is 27.1 Å². The second kappa shape index (κ2) is 10.4. The Morgan fingerprint density at radius 2 is 1.89 bits per heavy atom. The first-order valence-electron chi connectivity index (χ1n) is 11.3. The molecule has 12 heteroatoms. The molecule has 1 aromatic carbocycles. The summed E-state index contributed by atoms with van der Waals surface area (Å²) in [4.78, 5) is 21.0. The second-order valence-electron chi connectivity index (χ2n) is 8.70. The number of hydrogen-bond donors (Lipinski definition) is 0. The predicted octanol–water partition coefficient (Wildman–Crippen LogP) is 4.50. The molecule has 2 saturated heterocycles. The highest BCUT2D eigenvalue weighted by molar-refractivity contribution is 7.81. The van der Waals surface area contributed by atoms with Gasteiger partial charge < -0.3 is 14.5 Å². The van der Waals surface area contributed by atoms with E-state index in [4.69, 9.17) is 22.2 Å². The summed E-state index contributed by atoms with van der Waals surface area (Å²) in [5, 5.41) is 8.90. The average Bonchev–Trinajstić information content (AvgIpc) is 2.98. The number of anilines is 2. The third-order valence-corrected chi connectivity index (χ3v) is 6.58. The summed E-state index contributed by atoms with van der Waals surface area (Å²) >= 11 is 5.49. The molecule has 36 heavy (non-hydrogen) atoms. The van der Waals surface area contributed by atoms with Crippen molar-refractivity contribution >= 4 is 34.6 Å². The number of aromatic nitrogens is 1. The normalized spacial score (nSPS) is 18.2. The minimum atomic E-state index is -4.85. The van der Waals surface area contributed by atoms with Crippen LogP contribution in [0.2, 0.25) is 0 Å². The third-order valence-electron chi connectivity index (χ3n) is 6.17. The maximum Gasteiger partial charge on any atom is 0.419 e. The zero-order valence-electron chi connectivity index (χ0n) is 19.4. The third kappa shape index (κ3) is 5.42. The zero-order valence-corrected chi connectivity index (χ0v) is 20.2. The Labute approximate surface area is 210 Å². The Hall–Kier alpha value is -3.30. The Morgan fingerprint density at radius 1 is 1.17 bits per heavy atom. The molecule has 2 fully saturated rings. The molecule has 2 aromatic rings. The number of ether oxygens (including phenoxy) is 1. The Morgan fingerprint density at radius 3 is 2.53 bits per heavy atom. The number of piperidine rings is 1. The molecule has 0 bridgehead atoms. The summed E-state index contributed by atoms with van der Waals surface area (Å²) < 4.78 is 61.2. The number of hydrogen-bond acceptors (Lipinski definition) is 6. The Balaban J connectivity index is 1.61. The molecule has 0 unspecified atom stereocenters. The van der Waals surface area contributed by atoms with E-state index in [1.807, 2.05) is 7.05 Å². The van der Waals surface area contributed by atoms with Crippen LogP contribution in [-0.4, -0.2) is 53.7 Å². The lowest BCUT2D eigenvalue weighted by Gasteiger charge is -2.31. The minimum absolute atomic E-state index is 0.0117. The van der Waals surface area contributed by atoms with Gasteiger partial charge in [0.25, 0.3) is 0 Å². The number of thiocarbonyl (C=S) groups is 1. The second-order valence-corrected chi connectivity index (χ2v) is 9.07. The average molecular weight is 522 g/mol. The van der Waals surface area contributed by atoms with Crippen molar-refractivity contribution in [2.24, 2.45) is 0 Å². The van der Waals surface area contributed by atoms with Crippen molar-refractivity contribution in [3.05, 3.63) is 47.5 Å². The smallest absolute Gasteiger partial charge is 0.419 e. The van der Waals surface area contributed by atoms with E-state index < -0.39 is 29.2 Å². The first kappa shape index (κ1) is 25.8. The van der Waals surface area contributed by atoms with Gasteiger partial charge in [-0.15, -0.1) is 0 Å². The quantitative estimate of drug-likeness (QED) is 0.433. The van der Waals surface area contributed by atoms with E-state index in [-0.39, 0.29) is 35.6 Å². The van der Waals surface area contributed by atoms with Crippen molar-refractivity contribution in [2.45, 2.75) is 38.0 Å². The molecular weight excluding hydrogens is 498 g/mol. The van der Waals surface area contributed by atoms with Gasteiger partial charge in [0, 0.05) is 37.8 Å². The number of carbonyl (C=O) groups excluding carboxylic acids is 1. The number of rotatable bonds is 4. The number of amides is 1. The van der Waals surface area contributed by atoms with Crippen molar-refractivity contribution in [3.63, 3.8) is 0 Å². The van der Waals surface area contributed by atoms with Crippen LogP contribution in [0.15, 0.2) is 30.5 Å². The lowest BCUT2D eigenvalue weighted by molar-refractivity contribution is -0.138. The van der Waals surface area contributed by atoms with Gasteiger partial charge in [-0.2, -0.15) is 18.4 Å². The minimum Gasteiger partial charge on any atom is -0.487 e. The molecule has 0 spiro atoms. The van der Waals surface area contributed by atoms with Gasteiger partial charge >= 0.3 is 6.18 Å².